The number of anilines is 1. The summed E-state index contributed by atoms with van der Waals surface area (Å²) < 4.78 is 5.72. The molecule has 6 heteroatoms. The van der Waals surface area contributed by atoms with Crippen LogP contribution in [0.3, 0.4) is 0 Å². The Morgan fingerprint density at radius 3 is 2.37 bits per heavy atom. The maximum atomic E-state index is 10.5. The molecule has 0 aliphatic carbocycles. The van der Waals surface area contributed by atoms with E-state index in [1.165, 1.54) is 6.07 Å². The summed E-state index contributed by atoms with van der Waals surface area (Å²) in [6.07, 6.45) is 0. The number of halogens is 1. The molecule has 0 amide bonds. The van der Waals surface area contributed by atoms with Gasteiger partial charge in [-0.3, -0.25) is 0 Å². The summed E-state index contributed by atoms with van der Waals surface area (Å²) >= 11 is 6.30. The third-order valence-corrected chi connectivity index (χ3v) is 4.88. The maximum absolute atomic E-state index is 10.5. The lowest BCUT2D eigenvalue weighted by Crippen LogP contribution is -2.00. The summed E-state index contributed by atoms with van der Waals surface area (Å²) in [5.41, 5.74) is 8.67. The molecular weight excluding hydrogens is 398 g/mol. The Kier molecular flexibility index (Phi) is 5.25. The lowest BCUT2D eigenvalue weighted by atomic mass is 9.98. The quantitative estimate of drug-likeness (QED) is 0.426. The Morgan fingerprint density at radius 2 is 1.67 bits per heavy atom. The van der Waals surface area contributed by atoms with Gasteiger partial charge in [-0.15, -0.1) is 0 Å². The van der Waals surface area contributed by atoms with E-state index in [1.54, 1.807) is 36.4 Å². The fourth-order valence-electron chi connectivity index (χ4n) is 3.10. The van der Waals surface area contributed by atoms with Gasteiger partial charge in [0.05, 0.1) is 5.69 Å². The van der Waals surface area contributed by atoms with Crippen molar-refractivity contribution in [3.8, 4) is 45.7 Å². The number of nitrogen functional groups attached to an aromatic ring is 1. The van der Waals surface area contributed by atoms with E-state index in [4.69, 9.17) is 22.1 Å². The summed E-state index contributed by atoms with van der Waals surface area (Å²) in [7, 11) is 0. The number of para-hydroxylation sites is 1. The molecule has 1 heterocycles. The van der Waals surface area contributed by atoms with Crippen LogP contribution in [0.5, 0.6) is 17.2 Å². The molecule has 4 aromatic rings. The molecule has 0 fully saturated rings. The molecule has 0 saturated carbocycles. The highest BCUT2D eigenvalue weighted by atomic mass is 35.5. The fraction of sp³-hybridized carbons (Fsp3) is 0. The van der Waals surface area contributed by atoms with Crippen molar-refractivity contribution < 1.29 is 9.84 Å². The van der Waals surface area contributed by atoms with E-state index in [0.29, 0.717) is 38.9 Å². The van der Waals surface area contributed by atoms with Gasteiger partial charge >= 0.3 is 0 Å². The third kappa shape index (κ3) is 3.77. The van der Waals surface area contributed by atoms with Gasteiger partial charge in [-0.25, -0.2) is 4.98 Å². The highest BCUT2D eigenvalue weighted by Crippen LogP contribution is 2.38. The zero-order valence-electron chi connectivity index (χ0n) is 15.7. The predicted octanol–water partition coefficient (Wildman–Crippen LogP) is 6.02. The molecule has 3 aromatic carbocycles. The van der Waals surface area contributed by atoms with E-state index in [2.05, 4.69) is 11.1 Å². The Labute approximate surface area is 178 Å². The Balaban J connectivity index is 1.79. The molecule has 146 valence electrons. The van der Waals surface area contributed by atoms with Crippen molar-refractivity contribution in [1.29, 1.82) is 5.26 Å². The number of nitriles is 1. The highest BCUT2D eigenvalue weighted by molar-refractivity contribution is 6.33. The first-order valence-corrected chi connectivity index (χ1v) is 9.46. The van der Waals surface area contributed by atoms with Gasteiger partial charge in [0, 0.05) is 16.1 Å². The van der Waals surface area contributed by atoms with E-state index >= 15 is 0 Å². The highest BCUT2D eigenvalue weighted by Gasteiger charge is 2.16. The predicted molar refractivity (Wildman–Crippen MR) is 117 cm³/mol. The zero-order valence-corrected chi connectivity index (χ0v) is 16.5. The first kappa shape index (κ1) is 19.3. The fourth-order valence-corrected chi connectivity index (χ4v) is 3.34. The van der Waals surface area contributed by atoms with Crippen LogP contribution >= 0.6 is 11.6 Å². The van der Waals surface area contributed by atoms with Crippen LogP contribution in [0.2, 0.25) is 5.02 Å². The molecule has 0 bridgehead atoms. The molecule has 0 atom stereocenters. The number of ether oxygens (including phenoxy) is 1. The molecule has 0 unspecified atom stereocenters. The van der Waals surface area contributed by atoms with E-state index < -0.39 is 0 Å². The summed E-state index contributed by atoms with van der Waals surface area (Å²) in [5, 5.41) is 20.6. The molecule has 30 heavy (non-hydrogen) atoms. The average molecular weight is 414 g/mol. The lowest BCUT2D eigenvalue weighted by molar-refractivity contribution is 0.411. The van der Waals surface area contributed by atoms with E-state index in [-0.39, 0.29) is 17.1 Å². The monoisotopic (exact) mass is 413 g/mol. The van der Waals surface area contributed by atoms with Crippen LogP contribution in [-0.2, 0) is 0 Å². The largest absolute Gasteiger partial charge is 0.504 e. The number of phenols is 1. The minimum Gasteiger partial charge on any atom is -0.504 e. The smallest absolute Gasteiger partial charge is 0.169 e. The van der Waals surface area contributed by atoms with Gasteiger partial charge in [0.1, 0.15) is 23.2 Å². The molecule has 1 aromatic heterocycles. The second kappa shape index (κ2) is 8.16. The molecule has 0 spiro atoms. The van der Waals surface area contributed by atoms with Crippen LogP contribution in [0, 0.1) is 11.3 Å². The van der Waals surface area contributed by atoms with Gasteiger partial charge in [-0.2, -0.15) is 5.26 Å². The van der Waals surface area contributed by atoms with Crippen molar-refractivity contribution in [3.63, 3.8) is 0 Å². The number of phenolic OH excluding ortho intramolecular Hbond substituents is 1. The second-order valence-electron chi connectivity index (χ2n) is 6.50. The molecule has 4 rings (SSSR count). The molecule has 0 aliphatic heterocycles. The number of rotatable bonds is 4. The van der Waals surface area contributed by atoms with Crippen molar-refractivity contribution in [2.75, 3.05) is 5.73 Å². The van der Waals surface area contributed by atoms with Gasteiger partial charge in [-0.05, 0) is 42.0 Å². The van der Waals surface area contributed by atoms with E-state index in [9.17, 15) is 10.4 Å². The molecule has 0 radical (unpaired) electrons. The van der Waals surface area contributed by atoms with E-state index in [1.807, 2.05) is 36.4 Å². The Morgan fingerprint density at radius 1 is 0.933 bits per heavy atom. The van der Waals surface area contributed by atoms with Crippen LogP contribution in [0.1, 0.15) is 5.56 Å². The van der Waals surface area contributed by atoms with Crippen molar-refractivity contribution in [1.82, 2.24) is 4.98 Å². The van der Waals surface area contributed by atoms with Crippen LogP contribution in [-0.4, -0.2) is 10.1 Å². The Hall–Kier alpha value is -4.01. The number of pyridine rings is 1. The van der Waals surface area contributed by atoms with Crippen LogP contribution in [0.4, 0.5) is 5.82 Å². The number of hydrogen-bond donors (Lipinski definition) is 2. The van der Waals surface area contributed by atoms with Crippen molar-refractivity contribution in [2.45, 2.75) is 0 Å². The summed E-state index contributed by atoms with van der Waals surface area (Å²) in [4.78, 5) is 4.34. The number of hydrogen-bond acceptors (Lipinski definition) is 5. The van der Waals surface area contributed by atoms with Gasteiger partial charge in [0.2, 0.25) is 0 Å². The van der Waals surface area contributed by atoms with E-state index in [0.717, 1.165) is 0 Å². The average Bonchev–Trinajstić information content (AvgIpc) is 2.75. The number of aromatic nitrogens is 1. The Bertz CT molecular complexity index is 1270. The first-order chi connectivity index (χ1) is 14.6. The van der Waals surface area contributed by atoms with Crippen LogP contribution in [0.25, 0.3) is 22.4 Å². The number of aromatic hydroxyl groups is 1. The standard InChI is InChI=1S/C24H16ClN3O2/c25-20-9-5-4-8-17(20)21-13-18(19(14-26)24(27)28-21)15-10-11-23(22(29)12-15)30-16-6-2-1-3-7-16/h1-13,29H,(H2,27,28). The SMILES string of the molecule is N#Cc1c(-c2ccc(Oc3ccccc3)c(O)c2)cc(-c2ccccc2Cl)nc1N. The van der Waals surface area contributed by atoms with Crippen LogP contribution in [0.15, 0.2) is 78.9 Å². The van der Waals surface area contributed by atoms with Gasteiger partial charge in [0.15, 0.2) is 11.5 Å². The molecule has 3 N–H and O–H groups in total. The summed E-state index contributed by atoms with van der Waals surface area (Å²) in [5.74, 6) is 0.938. The topological polar surface area (TPSA) is 92.2 Å². The van der Waals surface area contributed by atoms with Crippen LogP contribution < -0.4 is 10.5 Å². The van der Waals surface area contributed by atoms with Crippen molar-refractivity contribution in [3.05, 3.63) is 89.4 Å². The third-order valence-electron chi connectivity index (χ3n) is 4.55. The lowest BCUT2D eigenvalue weighted by Gasteiger charge is -2.13. The minimum absolute atomic E-state index is 0.0603. The summed E-state index contributed by atoms with van der Waals surface area (Å²) in [6, 6.07) is 25.2. The second-order valence-corrected chi connectivity index (χ2v) is 6.91. The van der Waals surface area contributed by atoms with Crippen molar-refractivity contribution >= 4 is 17.4 Å². The first-order valence-electron chi connectivity index (χ1n) is 9.08. The normalized spacial score (nSPS) is 10.4. The van der Waals surface area contributed by atoms with Crippen molar-refractivity contribution in [2.24, 2.45) is 0 Å². The van der Waals surface area contributed by atoms with Gasteiger partial charge < -0.3 is 15.6 Å². The minimum atomic E-state index is -0.0603. The number of nitrogens with zero attached hydrogens (tertiary/aromatic N) is 2. The zero-order chi connectivity index (χ0) is 21.1. The number of nitrogens with two attached hydrogens (primary N) is 1. The maximum Gasteiger partial charge on any atom is 0.169 e. The molecule has 0 aliphatic rings. The molecule has 5 nitrogen and oxygen atoms in total. The molecular formula is C24H16ClN3O2. The number of benzene rings is 3. The molecule has 0 saturated heterocycles. The van der Waals surface area contributed by atoms with Gasteiger partial charge in [0.25, 0.3) is 0 Å². The summed E-state index contributed by atoms with van der Waals surface area (Å²) in [6.45, 7) is 0. The van der Waals surface area contributed by atoms with Gasteiger partial charge in [-0.1, -0.05) is 54.1 Å².